The summed E-state index contributed by atoms with van der Waals surface area (Å²) < 4.78 is 0. The van der Waals surface area contributed by atoms with Crippen molar-refractivity contribution in [3.63, 3.8) is 0 Å². The van der Waals surface area contributed by atoms with Gasteiger partial charge in [-0.05, 0) is 0 Å². The molecule has 0 aliphatic heterocycles. The first-order valence-electron chi connectivity index (χ1n) is 9.56. The van der Waals surface area contributed by atoms with Crippen LogP contribution in [-0.2, 0) is 28.8 Å². The maximum atomic E-state index is 12.0. The zero-order valence-corrected chi connectivity index (χ0v) is 17.8. The van der Waals surface area contributed by atoms with Crippen LogP contribution in [0.1, 0.15) is 20.8 Å². The summed E-state index contributed by atoms with van der Waals surface area (Å²) in [4.78, 5) is 72.8. The molecule has 170 valence electrons. The second kappa shape index (κ2) is 14.9. The Balaban J connectivity index is 4.40. The van der Waals surface area contributed by atoms with Crippen molar-refractivity contribution < 1.29 is 28.8 Å². The molecule has 0 saturated carbocycles. The van der Waals surface area contributed by atoms with E-state index in [0.29, 0.717) is 6.29 Å². The standard InChI is InChI=1S/C18H32N6O6/c1-14(26)22(10-11-25)8-5-20-18(30)13-24(16(3)28)9-6-21-17(29)12-23(7-4-19)15(2)27/h11H,4-10,12-13,19H2,1-3H3,(H,20,30)(H,21,29). The molecule has 0 aliphatic carbocycles. The number of aldehydes is 1. The fraction of sp³-hybridized carbons (Fsp3) is 0.667. The third-order valence-electron chi connectivity index (χ3n) is 4.11. The van der Waals surface area contributed by atoms with Crippen molar-refractivity contribution in [1.82, 2.24) is 25.3 Å². The minimum atomic E-state index is -0.433. The van der Waals surface area contributed by atoms with Gasteiger partial charge in [0.2, 0.25) is 29.5 Å². The van der Waals surface area contributed by atoms with Crippen LogP contribution >= 0.6 is 0 Å². The molecule has 0 spiro atoms. The Labute approximate surface area is 176 Å². The predicted molar refractivity (Wildman–Crippen MR) is 108 cm³/mol. The summed E-state index contributed by atoms with van der Waals surface area (Å²) in [5.74, 6) is -1.73. The molecule has 0 bridgehead atoms. The average Bonchev–Trinajstić information content (AvgIpc) is 2.65. The smallest absolute Gasteiger partial charge is 0.239 e. The Morgan fingerprint density at radius 2 is 1.13 bits per heavy atom. The number of hydrogen-bond donors (Lipinski definition) is 3. The van der Waals surface area contributed by atoms with Gasteiger partial charge in [-0.25, -0.2) is 0 Å². The van der Waals surface area contributed by atoms with E-state index in [4.69, 9.17) is 5.73 Å². The quantitative estimate of drug-likeness (QED) is 0.247. The van der Waals surface area contributed by atoms with Gasteiger partial charge in [0.05, 0.1) is 19.6 Å². The fourth-order valence-corrected chi connectivity index (χ4v) is 2.44. The van der Waals surface area contributed by atoms with Gasteiger partial charge < -0.3 is 35.9 Å². The molecule has 0 aromatic carbocycles. The highest BCUT2D eigenvalue weighted by Crippen LogP contribution is 1.92. The maximum absolute atomic E-state index is 12.0. The Kier molecular flexibility index (Phi) is 13.4. The van der Waals surface area contributed by atoms with Gasteiger partial charge in [0.1, 0.15) is 6.29 Å². The van der Waals surface area contributed by atoms with E-state index >= 15 is 0 Å². The van der Waals surface area contributed by atoms with E-state index in [9.17, 15) is 28.8 Å². The lowest BCUT2D eigenvalue weighted by molar-refractivity contribution is -0.135. The molecular weight excluding hydrogens is 396 g/mol. The number of nitrogens with one attached hydrogen (secondary N) is 2. The molecule has 12 heteroatoms. The zero-order valence-electron chi connectivity index (χ0n) is 17.8. The first-order chi connectivity index (χ1) is 14.1. The van der Waals surface area contributed by atoms with Crippen LogP contribution < -0.4 is 16.4 Å². The van der Waals surface area contributed by atoms with Crippen molar-refractivity contribution >= 4 is 35.8 Å². The molecule has 0 rings (SSSR count). The topological polar surface area (TPSA) is 162 Å². The SMILES string of the molecule is CC(=O)N(CC=O)CCNC(=O)CN(CCNC(=O)CN(CCN)C(C)=O)C(C)=O. The van der Waals surface area contributed by atoms with Gasteiger partial charge in [-0.1, -0.05) is 0 Å². The molecule has 0 fully saturated rings. The van der Waals surface area contributed by atoms with Crippen LogP contribution in [0.2, 0.25) is 0 Å². The lowest BCUT2D eigenvalue weighted by Gasteiger charge is -2.23. The summed E-state index contributed by atoms with van der Waals surface area (Å²) >= 11 is 0. The Hall–Kier alpha value is -3.02. The van der Waals surface area contributed by atoms with Crippen LogP contribution in [-0.4, -0.2) is 109 Å². The van der Waals surface area contributed by atoms with Crippen LogP contribution in [0.3, 0.4) is 0 Å². The Bertz CT molecular complexity index is 626. The Morgan fingerprint density at radius 1 is 0.733 bits per heavy atom. The Morgan fingerprint density at radius 3 is 1.50 bits per heavy atom. The van der Waals surface area contributed by atoms with Crippen molar-refractivity contribution in [2.24, 2.45) is 5.73 Å². The van der Waals surface area contributed by atoms with E-state index in [1.165, 1.54) is 35.5 Å². The molecule has 4 N–H and O–H groups in total. The number of rotatable bonds is 14. The van der Waals surface area contributed by atoms with E-state index in [1.54, 1.807) is 0 Å². The van der Waals surface area contributed by atoms with Crippen LogP contribution in [0.25, 0.3) is 0 Å². The lowest BCUT2D eigenvalue weighted by Crippen LogP contribution is -2.47. The molecule has 12 nitrogen and oxygen atoms in total. The van der Waals surface area contributed by atoms with Gasteiger partial charge in [0, 0.05) is 60.0 Å². The van der Waals surface area contributed by atoms with Crippen LogP contribution in [0.5, 0.6) is 0 Å². The van der Waals surface area contributed by atoms with Gasteiger partial charge in [0.25, 0.3) is 0 Å². The molecule has 0 atom stereocenters. The molecule has 0 aromatic heterocycles. The molecule has 0 saturated heterocycles. The summed E-state index contributed by atoms with van der Waals surface area (Å²) in [6.45, 7) is 4.57. The predicted octanol–water partition coefficient (Wildman–Crippen LogP) is -3.08. The molecule has 0 aromatic rings. The van der Waals surface area contributed by atoms with Crippen molar-refractivity contribution in [2.45, 2.75) is 20.8 Å². The second-order valence-electron chi connectivity index (χ2n) is 6.50. The molecule has 0 aliphatic rings. The molecule has 30 heavy (non-hydrogen) atoms. The van der Waals surface area contributed by atoms with Gasteiger partial charge in [0.15, 0.2) is 0 Å². The monoisotopic (exact) mass is 428 g/mol. The summed E-state index contributed by atoms with van der Waals surface area (Å²) in [5, 5.41) is 5.17. The molecule has 0 radical (unpaired) electrons. The third-order valence-corrected chi connectivity index (χ3v) is 4.11. The van der Waals surface area contributed by atoms with Crippen molar-refractivity contribution in [2.75, 3.05) is 58.9 Å². The second-order valence-corrected chi connectivity index (χ2v) is 6.50. The van der Waals surface area contributed by atoms with Crippen LogP contribution in [0.4, 0.5) is 0 Å². The normalized spacial score (nSPS) is 10.0. The number of nitrogens with zero attached hydrogens (tertiary/aromatic N) is 3. The zero-order chi connectivity index (χ0) is 23.1. The van der Waals surface area contributed by atoms with Crippen molar-refractivity contribution in [1.29, 1.82) is 0 Å². The van der Waals surface area contributed by atoms with Crippen molar-refractivity contribution in [3.8, 4) is 0 Å². The van der Waals surface area contributed by atoms with E-state index in [1.807, 2.05) is 0 Å². The lowest BCUT2D eigenvalue weighted by atomic mass is 10.4. The highest BCUT2D eigenvalue weighted by atomic mass is 16.2. The van der Waals surface area contributed by atoms with E-state index < -0.39 is 11.8 Å². The molecular formula is C18H32N6O6. The molecule has 0 heterocycles. The summed E-state index contributed by atoms with van der Waals surface area (Å²) in [6, 6.07) is 0. The molecule has 5 amide bonds. The van der Waals surface area contributed by atoms with Crippen LogP contribution in [0.15, 0.2) is 0 Å². The van der Waals surface area contributed by atoms with Gasteiger partial charge in [-0.2, -0.15) is 0 Å². The first kappa shape index (κ1) is 27.0. The third kappa shape index (κ3) is 11.7. The van der Waals surface area contributed by atoms with E-state index in [2.05, 4.69) is 10.6 Å². The van der Waals surface area contributed by atoms with E-state index in [0.717, 1.165) is 0 Å². The van der Waals surface area contributed by atoms with E-state index in [-0.39, 0.29) is 76.6 Å². The number of carbonyl (C=O) groups excluding carboxylic acids is 6. The largest absolute Gasteiger partial charge is 0.353 e. The highest BCUT2D eigenvalue weighted by Gasteiger charge is 2.16. The average molecular weight is 428 g/mol. The number of hydrogen-bond acceptors (Lipinski definition) is 7. The number of nitrogens with two attached hydrogens (primary N) is 1. The van der Waals surface area contributed by atoms with Crippen molar-refractivity contribution in [3.05, 3.63) is 0 Å². The van der Waals surface area contributed by atoms with Gasteiger partial charge in [-0.15, -0.1) is 0 Å². The summed E-state index contributed by atoms with van der Waals surface area (Å²) in [7, 11) is 0. The number of amides is 5. The first-order valence-corrected chi connectivity index (χ1v) is 9.56. The minimum absolute atomic E-state index is 0.0587. The highest BCUT2D eigenvalue weighted by molar-refractivity contribution is 5.85. The summed E-state index contributed by atoms with van der Waals surface area (Å²) in [5.41, 5.74) is 5.40. The molecule has 0 unspecified atom stereocenters. The number of carbonyl (C=O) groups is 6. The summed E-state index contributed by atoms with van der Waals surface area (Å²) in [6.07, 6.45) is 0.598. The van der Waals surface area contributed by atoms with Gasteiger partial charge >= 0.3 is 0 Å². The minimum Gasteiger partial charge on any atom is -0.353 e. The maximum Gasteiger partial charge on any atom is 0.239 e. The van der Waals surface area contributed by atoms with Crippen LogP contribution in [0, 0.1) is 0 Å². The van der Waals surface area contributed by atoms with Gasteiger partial charge in [-0.3, -0.25) is 24.0 Å². The fourth-order valence-electron chi connectivity index (χ4n) is 2.44.